The lowest BCUT2D eigenvalue weighted by atomic mass is 9.86. The molecule has 1 saturated carbocycles. The first-order chi connectivity index (χ1) is 8.17. The molecular formula is C13H22N2O2. The van der Waals surface area contributed by atoms with Crippen molar-refractivity contribution in [1.82, 2.24) is 9.78 Å². The van der Waals surface area contributed by atoms with Gasteiger partial charge in [-0.2, -0.15) is 5.10 Å². The lowest BCUT2D eigenvalue weighted by molar-refractivity contribution is -0.0901. The van der Waals surface area contributed by atoms with Crippen LogP contribution >= 0.6 is 0 Å². The minimum atomic E-state index is -0.969. The van der Waals surface area contributed by atoms with E-state index in [2.05, 4.69) is 5.10 Å². The van der Waals surface area contributed by atoms with Crippen molar-refractivity contribution in [1.29, 1.82) is 0 Å². The average Bonchev–Trinajstić information content (AvgIpc) is 2.70. The monoisotopic (exact) mass is 238 g/mol. The van der Waals surface area contributed by atoms with E-state index < -0.39 is 11.7 Å². The van der Waals surface area contributed by atoms with Gasteiger partial charge in [0.1, 0.15) is 6.10 Å². The van der Waals surface area contributed by atoms with Gasteiger partial charge in [-0.1, -0.05) is 25.7 Å². The molecule has 0 radical (unpaired) electrons. The maximum Gasteiger partial charge on any atom is 0.124 e. The molecule has 1 heterocycles. The van der Waals surface area contributed by atoms with Crippen LogP contribution in [0, 0.1) is 0 Å². The van der Waals surface area contributed by atoms with E-state index in [0.717, 1.165) is 37.9 Å². The molecule has 2 N–H and O–H groups in total. The van der Waals surface area contributed by atoms with Crippen molar-refractivity contribution in [3.63, 3.8) is 0 Å². The van der Waals surface area contributed by atoms with Crippen molar-refractivity contribution in [2.45, 2.75) is 63.7 Å². The molecule has 0 bridgehead atoms. The number of hydrogen-bond acceptors (Lipinski definition) is 3. The molecule has 17 heavy (non-hydrogen) atoms. The Hall–Kier alpha value is -0.870. The van der Waals surface area contributed by atoms with Crippen LogP contribution in [0.1, 0.15) is 57.2 Å². The summed E-state index contributed by atoms with van der Waals surface area (Å²) in [6.07, 6.45) is 6.53. The maximum atomic E-state index is 10.6. The Labute approximate surface area is 102 Å². The highest BCUT2D eigenvalue weighted by molar-refractivity contribution is 5.10. The Bertz CT molecular complexity index is 354. The second-order valence-corrected chi connectivity index (χ2v) is 4.99. The summed E-state index contributed by atoms with van der Waals surface area (Å²) in [5, 5.41) is 25.2. The molecule has 0 spiro atoms. The maximum absolute atomic E-state index is 10.6. The van der Waals surface area contributed by atoms with Gasteiger partial charge in [-0.15, -0.1) is 0 Å². The zero-order chi connectivity index (χ0) is 12.3. The number of aryl methyl sites for hydroxylation is 1. The van der Waals surface area contributed by atoms with Crippen LogP contribution in [0.5, 0.6) is 0 Å². The molecule has 1 aliphatic rings. The van der Waals surface area contributed by atoms with Crippen LogP contribution in [0.15, 0.2) is 12.3 Å². The fourth-order valence-electron chi connectivity index (χ4n) is 2.73. The van der Waals surface area contributed by atoms with E-state index in [1.165, 1.54) is 0 Å². The molecule has 4 nitrogen and oxygen atoms in total. The zero-order valence-electron chi connectivity index (χ0n) is 10.5. The van der Waals surface area contributed by atoms with Crippen molar-refractivity contribution < 1.29 is 10.2 Å². The van der Waals surface area contributed by atoms with E-state index >= 15 is 0 Å². The van der Waals surface area contributed by atoms with Gasteiger partial charge < -0.3 is 10.2 Å². The molecule has 2 rings (SSSR count). The lowest BCUT2D eigenvalue weighted by Crippen LogP contribution is -2.37. The Morgan fingerprint density at radius 3 is 2.59 bits per heavy atom. The highest BCUT2D eigenvalue weighted by atomic mass is 16.3. The third-order valence-electron chi connectivity index (χ3n) is 3.81. The van der Waals surface area contributed by atoms with E-state index in [9.17, 15) is 10.2 Å². The number of aliphatic hydroxyl groups excluding tert-OH is 1. The number of aliphatic hydroxyl groups is 2. The molecule has 1 aliphatic carbocycles. The van der Waals surface area contributed by atoms with Crippen LogP contribution in [0.4, 0.5) is 0 Å². The number of hydrogen-bond donors (Lipinski definition) is 2. The SMILES string of the molecule is CCn1nccc1C(O)C1(O)CCCCCC1. The first kappa shape index (κ1) is 12.6. The summed E-state index contributed by atoms with van der Waals surface area (Å²) < 4.78 is 1.76. The highest BCUT2D eigenvalue weighted by Crippen LogP contribution is 2.37. The minimum absolute atomic E-state index is 0.684. The van der Waals surface area contributed by atoms with Crippen LogP contribution < -0.4 is 0 Å². The quantitative estimate of drug-likeness (QED) is 0.792. The van der Waals surface area contributed by atoms with E-state index in [0.29, 0.717) is 12.8 Å². The van der Waals surface area contributed by atoms with Crippen LogP contribution in [-0.4, -0.2) is 25.6 Å². The predicted octanol–water partition coefficient (Wildman–Crippen LogP) is 2.02. The molecule has 96 valence electrons. The average molecular weight is 238 g/mol. The molecule has 0 aliphatic heterocycles. The second kappa shape index (κ2) is 5.19. The van der Waals surface area contributed by atoms with Crippen LogP contribution in [0.25, 0.3) is 0 Å². The van der Waals surface area contributed by atoms with Gasteiger partial charge in [-0.05, 0) is 25.8 Å². The molecule has 0 aromatic carbocycles. The molecule has 0 amide bonds. The van der Waals surface area contributed by atoms with Crippen molar-refractivity contribution >= 4 is 0 Å². The van der Waals surface area contributed by atoms with Gasteiger partial charge in [0.25, 0.3) is 0 Å². The highest BCUT2D eigenvalue weighted by Gasteiger charge is 2.38. The van der Waals surface area contributed by atoms with Crippen molar-refractivity contribution in [3.05, 3.63) is 18.0 Å². The van der Waals surface area contributed by atoms with E-state index in [4.69, 9.17) is 0 Å². The molecule has 1 aromatic rings. The third kappa shape index (κ3) is 2.53. The summed E-state index contributed by atoms with van der Waals surface area (Å²) in [5.74, 6) is 0. The minimum Gasteiger partial charge on any atom is -0.387 e. The summed E-state index contributed by atoms with van der Waals surface area (Å²) in [6, 6.07) is 1.80. The van der Waals surface area contributed by atoms with Crippen molar-refractivity contribution in [2.75, 3.05) is 0 Å². The first-order valence-corrected chi connectivity index (χ1v) is 6.59. The fourth-order valence-corrected chi connectivity index (χ4v) is 2.73. The molecule has 4 heteroatoms. The summed E-state index contributed by atoms with van der Waals surface area (Å²) >= 11 is 0. The number of rotatable bonds is 3. The topological polar surface area (TPSA) is 58.3 Å². The van der Waals surface area contributed by atoms with Gasteiger partial charge in [-0.3, -0.25) is 4.68 Å². The zero-order valence-corrected chi connectivity index (χ0v) is 10.5. The number of nitrogens with zero attached hydrogens (tertiary/aromatic N) is 2. The molecule has 1 fully saturated rings. The molecule has 1 atom stereocenters. The van der Waals surface area contributed by atoms with Crippen molar-refractivity contribution in [3.8, 4) is 0 Å². The Morgan fingerprint density at radius 1 is 1.35 bits per heavy atom. The summed E-state index contributed by atoms with van der Waals surface area (Å²) in [5.41, 5.74) is -0.236. The molecular weight excluding hydrogens is 216 g/mol. The van der Waals surface area contributed by atoms with E-state index in [-0.39, 0.29) is 0 Å². The fraction of sp³-hybridized carbons (Fsp3) is 0.769. The first-order valence-electron chi connectivity index (χ1n) is 6.59. The second-order valence-electron chi connectivity index (χ2n) is 4.99. The third-order valence-corrected chi connectivity index (χ3v) is 3.81. The van der Waals surface area contributed by atoms with Gasteiger partial charge >= 0.3 is 0 Å². The van der Waals surface area contributed by atoms with Crippen LogP contribution in [0.3, 0.4) is 0 Å². The van der Waals surface area contributed by atoms with E-state index in [1.54, 1.807) is 16.9 Å². The van der Waals surface area contributed by atoms with Gasteiger partial charge in [-0.25, -0.2) is 0 Å². The summed E-state index contributed by atoms with van der Waals surface area (Å²) in [7, 11) is 0. The Kier molecular flexibility index (Phi) is 3.84. The Morgan fingerprint density at radius 2 is 2.00 bits per heavy atom. The van der Waals surface area contributed by atoms with E-state index in [1.807, 2.05) is 6.92 Å². The summed E-state index contributed by atoms with van der Waals surface area (Å²) in [4.78, 5) is 0. The molecule has 1 aromatic heterocycles. The molecule has 0 saturated heterocycles. The van der Waals surface area contributed by atoms with Gasteiger partial charge in [0.05, 0.1) is 11.3 Å². The van der Waals surface area contributed by atoms with Gasteiger partial charge in [0.15, 0.2) is 0 Å². The van der Waals surface area contributed by atoms with Crippen molar-refractivity contribution in [2.24, 2.45) is 0 Å². The normalized spacial score (nSPS) is 22.1. The Balaban J connectivity index is 2.20. The number of aromatic nitrogens is 2. The predicted molar refractivity (Wildman–Crippen MR) is 65.5 cm³/mol. The lowest BCUT2D eigenvalue weighted by Gasteiger charge is -2.32. The largest absolute Gasteiger partial charge is 0.387 e. The standard InChI is InChI=1S/C13H22N2O2/c1-2-15-11(7-10-14-15)12(16)13(17)8-5-3-4-6-9-13/h7,10,12,16-17H,2-6,8-9H2,1H3. The van der Waals surface area contributed by atoms with Gasteiger partial charge in [0, 0.05) is 12.7 Å². The van der Waals surface area contributed by atoms with Crippen LogP contribution in [0.2, 0.25) is 0 Å². The van der Waals surface area contributed by atoms with Gasteiger partial charge in [0.2, 0.25) is 0 Å². The smallest absolute Gasteiger partial charge is 0.124 e. The summed E-state index contributed by atoms with van der Waals surface area (Å²) in [6.45, 7) is 2.70. The van der Waals surface area contributed by atoms with Crippen LogP contribution in [-0.2, 0) is 6.54 Å². The molecule has 1 unspecified atom stereocenters.